The molecule has 2 aromatic carbocycles. The number of carbonyl (C=O) groups is 1. The van der Waals surface area contributed by atoms with Crippen molar-refractivity contribution in [3.63, 3.8) is 0 Å². The Balaban J connectivity index is 1.20. The van der Waals surface area contributed by atoms with Gasteiger partial charge < -0.3 is 34.2 Å². The molecule has 234 valence electrons. The summed E-state index contributed by atoms with van der Waals surface area (Å²) in [6.07, 6.45) is 11.9. The van der Waals surface area contributed by atoms with Crippen molar-refractivity contribution >= 4 is 39.8 Å². The summed E-state index contributed by atoms with van der Waals surface area (Å²) in [7, 11) is 3.83. The first-order valence-electron chi connectivity index (χ1n) is 15.7. The van der Waals surface area contributed by atoms with Crippen LogP contribution in [0.15, 0.2) is 78.3 Å². The van der Waals surface area contributed by atoms with Gasteiger partial charge >= 0.3 is 0 Å². The average Bonchev–Trinajstić information content (AvgIpc) is 3.41. The normalized spacial score (nSPS) is 19.4. The molecule has 0 radical (unpaired) electrons. The number of likely N-dealkylation sites (N-methyl/N-ethyl adjacent to an activating group) is 1. The molecular weight excluding hydrogens is 580 g/mol. The minimum Gasteiger partial charge on any atom is -0.494 e. The smallest absolute Gasteiger partial charge is 0.247 e. The first-order valence-corrected chi connectivity index (χ1v) is 15.7. The molecule has 1 aliphatic carbocycles. The third-order valence-corrected chi connectivity index (χ3v) is 9.56. The van der Waals surface area contributed by atoms with Crippen LogP contribution >= 0.6 is 0 Å². The third kappa shape index (κ3) is 4.96. The quantitative estimate of drug-likeness (QED) is 0.190. The van der Waals surface area contributed by atoms with Gasteiger partial charge in [-0.15, -0.1) is 0 Å². The number of nitrogens with one attached hydrogen (secondary N) is 2. The van der Waals surface area contributed by atoms with Crippen LogP contribution < -0.4 is 20.3 Å². The zero-order chi connectivity index (χ0) is 31.4. The van der Waals surface area contributed by atoms with E-state index in [0.717, 1.165) is 49.1 Å². The van der Waals surface area contributed by atoms with Crippen molar-refractivity contribution in [2.45, 2.75) is 31.3 Å². The fourth-order valence-corrected chi connectivity index (χ4v) is 7.08. The van der Waals surface area contributed by atoms with Gasteiger partial charge in [0.1, 0.15) is 12.0 Å². The fourth-order valence-electron chi connectivity index (χ4n) is 7.08. The number of likely N-dealkylation sites (tertiary alicyclic amines) is 1. The van der Waals surface area contributed by atoms with Gasteiger partial charge in [-0.3, -0.25) is 4.79 Å². The molecule has 2 N–H and O–H groups in total. The van der Waals surface area contributed by atoms with E-state index >= 15 is 0 Å². The number of benzene rings is 2. The largest absolute Gasteiger partial charge is 0.494 e. The number of anilines is 4. The third-order valence-electron chi connectivity index (χ3n) is 9.56. The maximum absolute atomic E-state index is 12.6. The number of hydrogen-bond donors (Lipinski definition) is 2. The Labute approximate surface area is 266 Å². The molecule has 3 fully saturated rings. The highest BCUT2D eigenvalue weighted by Crippen LogP contribution is 2.44. The van der Waals surface area contributed by atoms with Crippen LogP contribution in [0.4, 0.5) is 23.0 Å². The summed E-state index contributed by atoms with van der Waals surface area (Å²) in [6.45, 7) is 6.59. The second-order valence-electron chi connectivity index (χ2n) is 12.4. The minimum atomic E-state index is -0.283. The summed E-state index contributed by atoms with van der Waals surface area (Å²) in [4.78, 5) is 31.5. The summed E-state index contributed by atoms with van der Waals surface area (Å²) in [6, 6.07) is 13.2. The second-order valence-corrected chi connectivity index (χ2v) is 12.4. The second kappa shape index (κ2) is 11.3. The van der Waals surface area contributed by atoms with E-state index in [4.69, 9.17) is 14.1 Å². The van der Waals surface area contributed by atoms with E-state index in [9.17, 15) is 4.79 Å². The Bertz CT molecular complexity index is 1950. The molecule has 3 aliphatic rings. The van der Waals surface area contributed by atoms with Crippen molar-refractivity contribution < 1.29 is 13.9 Å². The predicted octanol–water partition coefficient (Wildman–Crippen LogP) is 6.11. The molecule has 0 unspecified atom stereocenters. The molecule has 2 saturated heterocycles. The van der Waals surface area contributed by atoms with Crippen LogP contribution in [-0.4, -0.2) is 70.2 Å². The molecule has 5 heterocycles. The van der Waals surface area contributed by atoms with Gasteiger partial charge in [-0.25, -0.2) is 15.0 Å². The van der Waals surface area contributed by atoms with Gasteiger partial charge in [0.05, 0.1) is 41.6 Å². The van der Waals surface area contributed by atoms with Gasteiger partial charge in [-0.2, -0.15) is 0 Å². The highest BCUT2D eigenvalue weighted by Gasteiger charge is 2.40. The van der Waals surface area contributed by atoms with Crippen molar-refractivity contribution in [1.82, 2.24) is 24.4 Å². The standard InChI is InChI=1S/C35H36N8O3/c1-4-32(44)38-26-15-27(31(45-3)16-29(26)42-18-21-11-13-41(2)30(21)20-42)39-35-37-17-24(34-36-12-14-46-34)33(40-35)25-19-43(22-9-10-22)28-8-6-5-7-23(25)28/h4-8,12,14-17,19,21-22,30H,1,9-11,13,18,20H2,2-3H3,(H,38,44)(H,37,39,40)/t21-,30+/m1/s1. The molecule has 5 aromatic rings. The molecule has 8 rings (SSSR count). The van der Waals surface area contributed by atoms with Crippen LogP contribution in [0.1, 0.15) is 25.3 Å². The van der Waals surface area contributed by atoms with E-state index in [1.165, 1.54) is 18.0 Å². The summed E-state index contributed by atoms with van der Waals surface area (Å²) in [5.74, 6) is 1.75. The number of para-hydroxylation sites is 1. The molecule has 3 aromatic heterocycles. The molecular formula is C35H36N8O3. The lowest BCUT2D eigenvalue weighted by molar-refractivity contribution is -0.111. The number of ether oxygens (including phenoxy) is 1. The number of hydrogen-bond acceptors (Lipinski definition) is 9. The van der Waals surface area contributed by atoms with Crippen LogP contribution in [0.25, 0.3) is 33.6 Å². The Morgan fingerprint density at radius 3 is 2.74 bits per heavy atom. The highest BCUT2D eigenvalue weighted by atomic mass is 16.5. The number of amides is 1. The van der Waals surface area contributed by atoms with E-state index in [-0.39, 0.29) is 5.91 Å². The summed E-state index contributed by atoms with van der Waals surface area (Å²) in [5.41, 5.74) is 5.75. The number of rotatable bonds is 9. The zero-order valence-electron chi connectivity index (χ0n) is 25.9. The van der Waals surface area contributed by atoms with Crippen molar-refractivity contribution in [3.05, 3.63) is 73.9 Å². The first kappa shape index (κ1) is 28.3. The van der Waals surface area contributed by atoms with E-state index in [2.05, 4.69) is 73.0 Å². The molecule has 11 heteroatoms. The van der Waals surface area contributed by atoms with Crippen molar-refractivity contribution in [2.24, 2.45) is 5.92 Å². The Hall–Kier alpha value is -5.16. The highest BCUT2D eigenvalue weighted by molar-refractivity contribution is 6.02. The molecule has 2 aliphatic heterocycles. The first-order chi connectivity index (χ1) is 22.5. The zero-order valence-corrected chi connectivity index (χ0v) is 25.9. The van der Waals surface area contributed by atoms with Crippen LogP contribution in [0.5, 0.6) is 5.75 Å². The number of aromatic nitrogens is 4. The van der Waals surface area contributed by atoms with E-state index in [1.54, 1.807) is 25.8 Å². The number of methoxy groups -OCH3 is 1. The van der Waals surface area contributed by atoms with Gasteiger partial charge in [0, 0.05) is 60.1 Å². The molecule has 1 amide bonds. The fraction of sp³-hybridized carbons (Fsp3) is 0.314. The maximum Gasteiger partial charge on any atom is 0.247 e. The summed E-state index contributed by atoms with van der Waals surface area (Å²) in [5, 5.41) is 7.51. The molecule has 46 heavy (non-hydrogen) atoms. The topological polar surface area (TPSA) is 114 Å². The summed E-state index contributed by atoms with van der Waals surface area (Å²) < 4.78 is 14.0. The lowest BCUT2D eigenvalue weighted by atomic mass is 10.1. The van der Waals surface area contributed by atoms with E-state index in [0.29, 0.717) is 58.2 Å². The van der Waals surface area contributed by atoms with Crippen molar-refractivity contribution in [1.29, 1.82) is 0 Å². The summed E-state index contributed by atoms with van der Waals surface area (Å²) >= 11 is 0. The molecule has 11 nitrogen and oxygen atoms in total. The molecule has 0 spiro atoms. The van der Waals surface area contributed by atoms with E-state index in [1.807, 2.05) is 18.2 Å². The number of carbonyl (C=O) groups excluding carboxylic acids is 1. The number of oxazole rings is 1. The lowest BCUT2D eigenvalue weighted by Crippen LogP contribution is -2.32. The lowest BCUT2D eigenvalue weighted by Gasteiger charge is -2.26. The van der Waals surface area contributed by atoms with Crippen LogP contribution in [0.2, 0.25) is 0 Å². The monoisotopic (exact) mass is 616 g/mol. The van der Waals surface area contributed by atoms with Gasteiger partial charge in [-0.1, -0.05) is 24.8 Å². The Kier molecular flexibility index (Phi) is 6.97. The van der Waals surface area contributed by atoms with E-state index < -0.39 is 0 Å². The Morgan fingerprint density at radius 1 is 1.11 bits per heavy atom. The SMILES string of the molecule is C=CC(=O)Nc1cc(Nc2ncc(-c3ncco3)c(-c3cn(C4CC4)c4ccccc34)n2)c(OC)cc1N1C[C@H]2CCN(C)[C@H]2C1. The molecule has 1 saturated carbocycles. The van der Waals surface area contributed by atoms with Crippen molar-refractivity contribution in [3.8, 4) is 28.5 Å². The van der Waals surface area contributed by atoms with Gasteiger partial charge in [0.15, 0.2) is 0 Å². The predicted molar refractivity (Wildman–Crippen MR) is 179 cm³/mol. The minimum absolute atomic E-state index is 0.283. The van der Waals surface area contributed by atoms with Gasteiger partial charge in [-0.05, 0) is 57.0 Å². The van der Waals surface area contributed by atoms with Gasteiger partial charge in [0.2, 0.25) is 17.7 Å². The van der Waals surface area contributed by atoms with Crippen LogP contribution in [-0.2, 0) is 4.79 Å². The van der Waals surface area contributed by atoms with Gasteiger partial charge in [0.25, 0.3) is 0 Å². The molecule has 0 bridgehead atoms. The van der Waals surface area contributed by atoms with Crippen LogP contribution in [0.3, 0.4) is 0 Å². The molecule has 2 atom stereocenters. The number of fused-ring (bicyclic) bond motifs is 2. The number of nitrogens with zero attached hydrogens (tertiary/aromatic N) is 6. The average molecular weight is 617 g/mol. The van der Waals surface area contributed by atoms with Crippen molar-refractivity contribution in [2.75, 3.05) is 49.3 Å². The maximum atomic E-state index is 12.6. The van der Waals surface area contributed by atoms with Crippen LogP contribution in [0, 0.1) is 5.92 Å². The Morgan fingerprint density at radius 2 is 1.98 bits per heavy atom.